The van der Waals surface area contributed by atoms with Crippen LogP contribution in [0.4, 0.5) is 4.39 Å². The molecule has 0 aliphatic carbocycles. The summed E-state index contributed by atoms with van der Waals surface area (Å²) in [7, 11) is 1.69. The Morgan fingerprint density at radius 3 is 2.65 bits per heavy atom. The van der Waals surface area contributed by atoms with Crippen LogP contribution in [0.15, 0.2) is 29.3 Å². The van der Waals surface area contributed by atoms with Gasteiger partial charge in [0.25, 0.3) is 5.91 Å². The van der Waals surface area contributed by atoms with Crippen molar-refractivity contribution in [1.29, 1.82) is 0 Å². The molecule has 5 heteroatoms. The van der Waals surface area contributed by atoms with E-state index in [-0.39, 0.29) is 11.7 Å². The summed E-state index contributed by atoms with van der Waals surface area (Å²) in [4.78, 5) is 17.9. The van der Waals surface area contributed by atoms with Gasteiger partial charge < -0.3 is 0 Å². The molecule has 90 valence electrons. The lowest BCUT2D eigenvalue weighted by atomic mass is 10.2. The number of carbonyl (C=O) groups excluding carboxylic acids is 1. The predicted octanol–water partition coefficient (Wildman–Crippen LogP) is 2.39. The molecule has 1 atom stereocenters. The molecular formula is C12H13FN2OS. The van der Waals surface area contributed by atoms with E-state index in [1.807, 2.05) is 0 Å². The van der Waals surface area contributed by atoms with Crippen molar-refractivity contribution in [3.05, 3.63) is 35.6 Å². The monoisotopic (exact) mass is 252 g/mol. The summed E-state index contributed by atoms with van der Waals surface area (Å²) in [5.41, 5.74) is 0.469. The molecule has 0 spiro atoms. The third-order valence-electron chi connectivity index (χ3n) is 2.47. The molecule has 0 bridgehead atoms. The van der Waals surface area contributed by atoms with Crippen LogP contribution in [0.1, 0.15) is 17.3 Å². The van der Waals surface area contributed by atoms with Crippen LogP contribution in [0.2, 0.25) is 0 Å². The zero-order valence-corrected chi connectivity index (χ0v) is 10.5. The standard InChI is InChI=1S/C12H13FN2OS/c1-8-7-14-12(17-8)15(2)11(16)9-3-5-10(13)6-4-9/h3-6,8H,7H2,1-2H3. The lowest BCUT2D eigenvalue weighted by Crippen LogP contribution is -2.30. The van der Waals surface area contributed by atoms with Gasteiger partial charge in [-0.25, -0.2) is 4.39 Å². The number of amidine groups is 1. The van der Waals surface area contributed by atoms with E-state index in [9.17, 15) is 9.18 Å². The number of hydrogen-bond acceptors (Lipinski definition) is 3. The molecule has 1 heterocycles. The lowest BCUT2D eigenvalue weighted by molar-refractivity contribution is 0.0873. The second-order valence-corrected chi connectivity index (χ2v) is 5.33. The highest BCUT2D eigenvalue weighted by Gasteiger charge is 2.23. The molecule has 0 aromatic heterocycles. The highest BCUT2D eigenvalue weighted by molar-refractivity contribution is 8.14. The van der Waals surface area contributed by atoms with Crippen LogP contribution in [0.5, 0.6) is 0 Å². The van der Waals surface area contributed by atoms with Crippen molar-refractivity contribution >= 4 is 22.8 Å². The molecule has 2 rings (SSSR count). The third kappa shape index (κ3) is 2.66. The van der Waals surface area contributed by atoms with Crippen molar-refractivity contribution in [1.82, 2.24) is 4.90 Å². The maximum absolute atomic E-state index is 12.8. The van der Waals surface area contributed by atoms with Crippen LogP contribution in [-0.2, 0) is 0 Å². The fourth-order valence-electron chi connectivity index (χ4n) is 1.52. The first kappa shape index (κ1) is 12.1. The van der Waals surface area contributed by atoms with Crippen molar-refractivity contribution in [3.63, 3.8) is 0 Å². The summed E-state index contributed by atoms with van der Waals surface area (Å²) in [6, 6.07) is 5.54. The molecule has 3 nitrogen and oxygen atoms in total. The van der Waals surface area contributed by atoms with Crippen molar-refractivity contribution < 1.29 is 9.18 Å². The Labute approximate surface area is 104 Å². The minimum Gasteiger partial charge on any atom is -0.291 e. The number of rotatable bonds is 1. The van der Waals surface area contributed by atoms with Crippen molar-refractivity contribution in [2.45, 2.75) is 12.2 Å². The number of amides is 1. The van der Waals surface area contributed by atoms with E-state index in [0.29, 0.717) is 10.8 Å². The molecule has 1 aromatic carbocycles. The average molecular weight is 252 g/mol. The molecule has 1 aliphatic rings. The number of nitrogens with zero attached hydrogens (tertiary/aromatic N) is 2. The molecule has 1 aliphatic heterocycles. The Morgan fingerprint density at radius 2 is 2.12 bits per heavy atom. The molecule has 17 heavy (non-hydrogen) atoms. The second-order valence-electron chi connectivity index (χ2n) is 3.92. The molecule has 0 fully saturated rings. The van der Waals surface area contributed by atoms with E-state index >= 15 is 0 Å². The maximum atomic E-state index is 12.8. The van der Waals surface area contributed by atoms with Crippen LogP contribution in [0, 0.1) is 5.82 Å². The van der Waals surface area contributed by atoms with E-state index < -0.39 is 0 Å². The molecule has 0 saturated carbocycles. The van der Waals surface area contributed by atoms with Gasteiger partial charge in [-0.3, -0.25) is 14.7 Å². The van der Waals surface area contributed by atoms with Crippen molar-refractivity contribution in [2.24, 2.45) is 4.99 Å². The van der Waals surface area contributed by atoms with Gasteiger partial charge in [-0.05, 0) is 24.3 Å². The Hall–Kier alpha value is -1.36. The van der Waals surface area contributed by atoms with Gasteiger partial charge in [-0.15, -0.1) is 0 Å². The summed E-state index contributed by atoms with van der Waals surface area (Å²) in [6.07, 6.45) is 0. The number of thioether (sulfide) groups is 1. The first-order chi connectivity index (χ1) is 8.08. The molecule has 0 N–H and O–H groups in total. The fourth-order valence-corrected chi connectivity index (χ4v) is 2.42. The number of hydrogen-bond donors (Lipinski definition) is 0. The molecule has 1 amide bonds. The highest BCUT2D eigenvalue weighted by Crippen LogP contribution is 2.23. The van der Waals surface area contributed by atoms with Crippen LogP contribution < -0.4 is 0 Å². The third-order valence-corrected chi connectivity index (χ3v) is 3.64. The summed E-state index contributed by atoms with van der Waals surface area (Å²) in [5.74, 6) is -0.504. The van der Waals surface area contributed by atoms with Gasteiger partial charge >= 0.3 is 0 Å². The first-order valence-corrected chi connectivity index (χ1v) is 6.20. The summed E-state index contributed by atoms with van der Waals surface area (Å²) in [5, 5.41) is 1.14. The minimum atomic E-state index is -0.342. The van der Waals surface area contributed by atoms with E-state index in [2.05, 4.69) is 11.9 Å². The Bertz CT molecular complexity index is 458. The van der Waals surface area contributed by atoms with Gasteiger partial charge in [0.15, 0.2) is 5.17 Å². The highest BCUT2D eigenvalue weighted by atomic mass is 32.2. The number of halogens is 1. The first-order valence-electron chi connectivity index (χ1n) is 5.32. The normalized spacial score (nSPS) is 19.0. The van der Waals surface area contributed by atoms with Gasteiger partial charge in [0.1, 0.15) is 5.82 Å². The van der Waals surface area contributed by atoms with E-state index in [4.69, 9.17) is 0 Å². The SMILES string of the molecule is CC1CN=C(N(C)C(=O)c2ccc(F)cc2)S1. The molecule has 1 aromatic rings. The van der Waals surface area contributed by atoms with Gasteiger partial charge in [0.2, 0.25) is 0 Å². The van der Waals surface area contributed by atoms with E-state index in [1.54, 1.807) is 18.8 Å². The fraction of sp³-hybridized carbons (Fsp3) is 0.333. The van der Waals surface area contributed by atoms with Gasteiger partial charge in [0, 0.05) is 17.9 Å². The molecule has 0 saturated heterocycles. The zero-order chi connectivity index (χ0) is 12.4. The Morgan fingerprint density at radius 1 is 1.47 bits per heavy atom. The van der Waals surface area contributed by atoms with Crippen LogP contribution in [0.3, 0.4) is 0 Å². The number of benzene rings is 1. The van der Waals surface area contributed by atoms with Gasteiger partial charge in [0.05, 0.1) is 6.54 Å². The zero-order valence-electron chi connectivity index (χ0n) is 9.68. The van der Waals surface area contributed by atoms with Gasteiger partial charge in [-0.1, -0.05) is 18.7 Å². The smallest absolute Gasteiger partial charge is 0.259 e. The molecule has 1 unspecified atom stereocenters. The topological polar surface area (TPSA) is 32.7 Å². The van der Waals surface area contributed by atoms with Crippen LogP contribution in [0.25, 0.3) is 0 Å². The Kier molecular flexibility index (Phi) is 3.47. The molecular weight excluding hydrogens is 239 g/mol. The van der Waals surface area contributed by atoms with Crippen LogP contribution >= 0.6 is 11.8 Å². The van der Waals surface area contributed by atoms with Gasteiger partial charge in [-0.2, -0.15) is 0 Å². The predicted molar refractivity (Wildman–Crippen MR) is 67.8 cm³/mol. The Balaban J connectivity index is 2.12. The minimum absolute atomic E-state index is 0.162. The maximum Gasteiger partial charge on any atom is 0.259 e. The molecule has 0 radical (unpaired) electrons. The summed E-state index contributed by atoms with van der Waals surface area (Å²) in [6.45, 7) is 2.80. The lowest BCUT2D eigenvalue weighted by Gasteiger charge is -2.16. The number of aliphatic imine (C=N–C) groups is 1. The summed E-state index contributed by atoms with van der Waals surface area (Å²) < 4.78 is 12.8. The van der Waals surface area contributed by atoms with E-state index in [0.717, 1.165) is 11.7 Å². The van der Waals surface area contributed by atoms with Crippen molar-refractivity contribution in [2.75, 3.05) is 13.6 Å². The largest absolute Gasteiger partial charge is 0.291 e. The quantitative estimate of drug-likeness (QED) is 0.768. The second kappa shape index (κ2) is 4.87. The van der Waals surface area contributed by atoms with E-state index in [1.165, 1.54) is 29.2 Å². The summed E-state index contributed by atoms with van der Waals surface area (Å²) >= 11 is 1.58. The van der Waals surface area contributed by atoms with Crippen LogP contribution in [-0.4, -0.2) is 34.8 Å². The average Bonchev–Trinajstić information content (AvgIpc) is 2.75. The van der Waals surface area contributed by atoms with Crippen molar-refractivity contribution in [3.8, 4) is 0 Å². The number of carbonyl (C=O) groups is 1.